The molecule has 1 aliphatic rings. The van der Waals surface area contributed by atoms with E-state index in [1.807, 2.05) is 0 Å². The molecule has 0 aromatic heterocycles. The van der Waals surface area contributed by atoms with Crippen molar-refractivity contribution in [3.8, 4) is 0 Å². The van der Waals surface area contributed by atoms with Crippen LogP contribution in [0, 0.1) is 11.3 Å². The Bertz CT molecular complexity index is 123. The summed E-state index contributed by atoms with van der Waals surface area (Å²) in [7, 11) is 0. The van der Waals surface area contributed by atoms with Crippen LogP contribution in [0.4, 0.5) is 0 Å². The van der Waals surface area contributed by atoms with Gasteiger partial charge in [-0.2, -0.15) is 0 Å². The van der Waals surface area contributed by atoms with E-state index in [1.165, 1.54) is 12.8 Å². The molecule has 0 aromatic carbocycles. The van der Waals surface area contributed by atoms with Crippen molar-refractivity contribution in [1.29, 1.82) is 0 Å². The molecule has 1 N–H and O–H groups in total. The molecule has 0 aromatic rings. The average Bonchev–Trinajstić information content (AvgIpc) is 1.86. The average molecular weight is 156 g/mol. The van der Waals surface area contributed by atoms with Crippen LogP contribution in [0.1, 0.15) is 46.5 Å². The van der Waals surface area contributed by atoms with Gasteiger partial charge in [0.2, 0.25) is 0 Å². The first-order valence-corrected chi connectivity index (χ1v) is 4.68. The molecular formula is C10H20O. The Kier molecular flexibility index (Phi) is 2.58. The van der Waals surface area contributed by atoms with E-state index in [-0.39, 0.29) is 6.10 Å². The first-order valence-electron chi connectivity index (χ1n) is 4.68. The molecule has 0 aliphatic heterocycles. The highest BCUT2D eigenvalue weighted by atomic mass is 16.3. The molecular weight excluding hydrogens is 136 g/mol. The molecule has 1 nitrogen and oxygen atoms in total. The van der Waals surface area contributed by atoms with Crippen LogP contribution >= 0.6 is 0 Å². The molecule has 0 spiro atoms. The highest BCUT2D eigenvalue weighted by Gasteiger charge is 2.29. The number of aliphatic hydroxyl groups excluding tert-OH is 1. The molecule has 1 aliphatic carbocycles. The minimum atomic E-state index is -0.0204. The molecule has 0 amide bonds. The largest absolute Gasteiger partial charge is 0.393 e. The molecule has 2 atom stereocenters. The smallest absolute Gasteiger partial charge is 0.0543 e. The zero-order valence-corrected chi connectivity index (χ0v) is 7.93. The molecule has 66 valence electrons. The zero-order valence-electron chi connectivity index (χ0n) is 7.93. The molecule has 0 radical (unpaired) electrons. The quantitative estimate of drug-likeness (QED) is 0.571. The Labute approximate surface area is 69.8 Å². The van der Waals surface area contributed by atoms with Gasteiger partial charge in [0.15, 0.2) is 0 Å². The summed E-state index contributed by atoms with van der Waals surface area (Å²) >= 11 is 0. The van der Waals surface area contributed by atoms with Gasteiger partial charge in [-0.25, -0.2) is 0 Å². The minimum Gasteiger partial charge on any atom is -0.393 e. The molecule has 1 rings (SSSR count). The highest BCUT2D eigenvalue weighted by Crippen LogP contribution is 2.37. The van der Waals surface area contributed by atoms with Crippen LogP contribution in [0.15, 0.2) is 0 Å². The topological polar surface area (TPSA) is 20.2 Å². The van der Waals surface area contributed by atoms with E-state index in [4.69, 9.17) is 0 Å². The minimum absolute atomic E-state index is 0.0204. The Morgan fingerprint density at radius 2 is 1.82 bits per heavy atom. The lowest BCUT2D eigenvalue weighted by Gasteiger charge is -2.35. The van der Waals surface area contributed by atoms with E-state index >= 15 is 0 Å². The summed E-state index contributed by atoms with van der Waals surface area (Å²) in [6, 6.07) is 0. The molecule has 1 fully saturated rings. The normalized spacial score (nSPS) is 33.8. The van der Waals surface area contributed by atoms with Crippen LogP contribution in [-0.2, 0) is 0 Å². The maximum atomic E-state index is 9.44. The van der Waals surface area contributed by atoms with Crippen molar-refractivity contribution in [3.05, 3.63) is 0 Å². The Morgan fingerprint density at radius 1 is 1.18 bits per heavy atom. The third-order valence-corrected chi connectivity index (χ3v) is 2.87. The molecule has 1 saturated carbocycles. The number of rotatable bonds is 0. The maximum Gasteiger partial charge on any atom is 0.0543 e. The number of hydrogen-bond acceptors (Lipinski definition) is 1. The second kappa shape index (κ2) is 3.14. The van der Waals surface area contributed by atoms with Gasteiger partial charge < -0.3 is 5.11 Å². The lowest BCUT2D eigenvalue weighted by atomic mass is 9.72. The second-order valence-corrected chi connectivity index (χ2v) is 4.88. The second-order valence-electron chi connectivity index (χ2n) is 4.88. The third kappa shape index (κ3) is 2.48. The van der Waals surface area contributed by atoms with Crippen molar-refractivity contribution in [2.24, 2.45) is 11.3 Å². The Balaban J connectivity index is 2.46. The molecule has 0 unspecified atom stereocenters. The summed E-state index contributed by atoms with van der Waals surface area (Å²) in [5.41, 5.74) is 0.390. The summed E-state index contributed by atoms with van der Waals surface area (Å²) < 4.78 is 0. The van der Waals surface area contributed by atoms with Gasteiger partial charge >= 0.3 is 0 Å². The van der Waals surface area contributed by atoms with Crippen LogP contribution in [0.2, 0.25) is 0 Å². The van der Waals surface area contributed by atoms with Crippen LogP contribution < -0.4 is 0 Å². The first kappa shape index (κ1) is 9.05. The fourth-order valence-corrected chi connectivity index (χ4v) is 1.95. The van der Waals surface area contributed by atoms with Crippen LogP contribution in [-0.4, -0.2) is 11.2 Å². The van der Waals surface area contributed by atoms with E-state index in [9.17, 15) is 5.11 Å². The van der Waals surface area contributed by atoms with Gasteiger partial charge in [0.1, 0.15) is 0 Å². The highest BCUT2D eigenvalue weighted by molar-refractivity contribution is 4.80. The first-order chi connectivity index (χ1) is 5.00. The maximum absolute atomic E-state index is 9.44. The molecule has 11 heavy (non-hydrogen) atoms. The summed E-state index contributed by atoms with van der Waals surface area (Å²) in [4.78, 5) is 0. The summed E-state index contributed by atoms with van der Waals surface area (Å²) in [5.74, 6) is 0.728. The summed E-state index contributed by atoms with van der Waals surface area (Å²) in [5, 5.41) is 9.44. The van der Waals surface area contributed by atoms with Crippen LogP contribution in [0.3, 0.4) is 0 Å². The summed E-state index contributed by atoms with van der Waals surface area (Å²) in [6.07, 6.45) is 4.53. The van der Waals surface area contributed by atoms with Gasteiger partial charge in [-0.3, -0.25) is 0 Å². The van der Waals surface area contributed by atoms with Crippen molar-refractivity contribution in [3.63, 3.8) is 0 Å². The molecule has 0 bridgehead atoms. The molecule has 0 heterocycles. The van der Waals surface area contributed by atoms with Gasteiger partial charge in [-0.15, -0.1) is 0 Å². The lowest BCUT2D eigenvalue weighted by molar-refractivity contribution is 0.0586. The van der Waals surface area contributed by atoms with Crippen molar-refractivity contribution in [2.75, 3.05) is 0 Å². The monoisotopic (exact) mass is 156 g/mol. The van der Waals surface area contributed by atoms with Crippen LogP contribution in [0.25, 0.3) is 0 Å². The van der Waals surface area contributed by atoms with Crippen molar-refractivity contribution in [1.82, 2.24) is 0 Å². The van der Waals surface area contributed by atoms with E-state index in [1.54, 1.807) is 0 Å². The lowest BCUT2D eigenvalue weighted by Crippen LogP contribution is -2.29. The van der Waals surface area contributed by atoms with Crippen molar-refractivity contribution in [2.45, 2.75) is 52.6 Å². The van der Waals surface area contributed by atoms with Gasteiger partial charge in [0.25, 0.3) is 0 Å². The van der Waals surface area contributed by atoms with Crippen molar-refractivity contribution >= 4 is 0 Å². The van der Waals surface area contributed by atoms with Crippen molar-refractivity contribution < 1.29 is 5.11 Å². The number of hydrogen-bond donors (Lipinski definition) is 1. The number of aliphatic hydroxyl groups is 1. The molecule has 0 saturated heterocycles. The fourth-order valence-electron chi connectivity index (χ4n) is 1.95. The van der Waals surface area contributed by atoms with E-state index in [0.717, 1.165) is 18.8 Å². The van der Waals surface area contributed by atoms with Gasteiger partial charge in [-0.05, 0) is 30.6 Å². The Hall–Kier alpha value is -0.0400. The summed E-state index contributed by atoms with van der Waals surface area (Å²) in [6.45, 7) is 6.82. The Morgan fingerprint density at radius 3 is 2.18 bits per heavy atom. The van der Waals surface area contributed by atoms with Gasteiger partial charge in [0, 0.05) is 0 Å². The SMILES string of the molecule is CC(C)(C)[C@H]1CCC[C@H](O)C1. The van der Waals surface area contributed by atoms with E-state index < -0.39 is 0 Å². The predicted molar refractivity (Wildman–Crippen MR) is 47.4 cm³/mol. The third-order valence-electron chi connectivity index (χ3n) is 2.87. The predicted octanol–water partition coefficient (Wildman–Crippen LogP) is 2.58. The van der Waals surface area contributed by atoms with Crippen LogP contribution in [0.5, 0.6) is 0 Å². The van der Waals surface area contributed by atoms with Gasteiger partial charge in [-0.1, -0.05) is 27.2 Å². The molecule has 1 heteroatoms. The van der Waals surface area contributed by atoms with Gasteiger partial charge in [0.05, 0.1) is 6.10 Å². The zero-order chi connectivity index (χ0) is 8.48. The van der Waals surface area contributed by atoms with E-state index in [2.05, 4.69) is 20.8 Å². The van der Waals surface area contributed by atoms with E-state index in [0.29, 0.717) is 5.41 Å². The standard InChI is InChI=1S/C10H20O/c1-10(2,3)8-5-4-6-9(11)7-8/h8-9,11H,4-7H2,1-3H3/t8-,9-/m0/s1. The fraction of sp³-hybridized carbons (Fsp3) is 1.00.